The monoisotopic (exact) mass is 511 g/mol. The van der Waals surface area contributed by atoms with Gasteiger partial charge in [-0.15, -0.1) is 0 Å². The van der Waals surface area contributed by atoms with Crippen LogP contribution in [0.5, 0.6) is 0 Å². The Labute approximate surface area is 151 Å². The summed E-state index contributed by atoms with van der Waals surface area (Å²) in [5, 5.41) is 5.11. The zero-order valence-electron chi connectivity index (χ0n) is 12.2. The Hall–Kier alpha value is -1.08. The molecule has 0 unspecified atom stereocenters. The first kappa shape index (κ1) is 19.0. The van der Waals surface area contributed by atoms with Gasteiger partial charge < -0.3 is 0 Å². The van der Waals surface area contributed by atoms with E-state index in [4.69, 9.17) is 2.64 Å². The molecule has 0 aliphatic heterocycles. The maximum atomic E-state index is 12.2. The zero-order valence-corrected chi connectivity index (χ0v) is 18.6. The van der Waals surface area contributed by atoms with E-state index in [-0.39, 0.29) is 38.2 Å². The van der Waals surface area contributed by atoms with Crippen LogP contribution in [0.25, 0.3) is 0 Å². The third kappa shape index (κ3) is 6.35. The molecule has 8 heteroatoms. The van der Waals surface area contributed by atoms with Gasteiger partial charge in [0, 0.05) is 0 Å². The summed E-state index contributed by atoms with van der Waals surface area (Å²) in [6.07, 6.45) is 0.335. The van der Waals surface area contributed by atoms with Gasteiger partial charge in [0.1, 0.15) is 0 Å². The van der Waals surface area contributed by atoms with Crippen molar-refractivity contribution in [3.8, 4) is 0 Å². The van der Waals surface area contributed by atoms with Crippen LogP contribution in [0.15, 0.2) is 30.3 Å². The molecule has 115 valence electrons. The maximum absolute atomic E-state index is 12.2. The van der Waals surface area contributed by atoms with Crippen LogP contribution in [0.1, 0.15) is 12.5 Å². The van der Waals surface area contributed by atoms with Crippen molar-refractivity contribution in [1.29, 1.82) is 0 Å². The molecule has 1 aromatic rings. The van der Waals surface area contributed by atoms with Crippen molar-refractivity contribution in [3.63, 3.8) is 0 Å². The minimum absolute atomic E-state index is 0.142. The Kier molecular flexibility index (Phi) is 8.48. The Morgan fingerprint density at radius 3 is 2.32 bits per heavy atom. The van der Waals surface area contributed by atoms with Gasteiger partial charge in [-0.1, -0.05) is 0 Å². The second kappa shape index (κ2) is 9.84. The predicted molar refractivity (Wildman–Crippen MR) is 79.6 cm³/mol. The first-order valence-electron chi connectivity index (χ1n) is 6.66. The van der Waals surface area contributed by atoms with Gasteiger partial charge in [0.05, 0.1) is 0 Å². The average Bonchev–Trinajstić information content (AvgIpc) is 2.51. The fourth-order valence-electron chi connectivity index (χ4n) is 1.86. The quantitative estimate of drug-likeness (QED) is 0.361. The molecule has 0 saturated carbocycles. The summed E-state index contributed by atoms with van der Waals surface area (Å²) in [6.45, 7) is 1.32. The van der Waals surface area contributed by atoms with Gasteiger partial charge in [-0.3, -0.25) is 0 Å². The summed E-state index contributed by atoms with van der Waals surface area (Å²) >= 11 is 3.89. The number of carbonyl (C=O) groups excluding carboxylic acids is 3. The van der Waals surface area contributed by atoms with Crippen molar-refractivity contribution >= 4 is 30.4 Å². The molecule has 2 atom stereocenters. The van der Waals surface area contributed by atoms with E-state index in [2.05, 4.69) is 23.3 Å². The average molecular weight is 510 g/mol. The van der Waals surface area contributed by atoms with Crippen LogP contribution in [-0.2, 0) is 50.0 Å². The van der Waals surface area contributed by atoms with Crippen LogP contribution in [0.4, 0.5) is 0 Å². The van der Waals surface area contributed by atoms with Crippen molar-refractivity contribution < 1.29 is 43.6 Å². The molecule has 0 saturated heterocycles. The van der Waals surface area contributed by atoms with Crippen LogP contribution >= 0.6 is 12.6 Å². The molecule has 0 aliphatic rings. The molecule has 1 aromatic carbocycles. The molecule has 2 N–H and O–H groups in total. The summed E-state index contributed by atoms with van der Waals surface area (Å²) in [7, 11) is 0. The zero-order chi connectivity index (χ0) is 16.5. The van der Waals surface area contributed by atoms with Crippen LogP contribution in [0.3, 0.4) is 0 Å². The van der Waals surface area contributed by atoms with E-state index in [1.54, 1.807) is 0 Å². The molecular formula is C14H17HgN2O4S. The fourth-order valence-corrected chi connectivity index (χ4v) is 2.89. The van der Waals surface area contributed by atoms with Crippen molar-refractivity contribution in [3.05, 3.63) is 35.9 Å². The first-order valence-corrected chi connectivity index (χ1v) is 9.53. The number of hydrogen-bond acceptors (Lipinski definition) is 5. The molecule has 1 rings (SSSR count). The summed E-state index contributed by atoms with van der Waals surface area (Å²) < 4.78 is 4.91. The normalized spacial score (nSPS) is 12.9. The van der Waals surface area contributed by atoms with Crippen LogP contribution in [0, 0.1) is 0 Å². The number of nitrogens with one attached hydrogen (secondary N) is 2. The van der Waals surface area contributed by atoms with Crippen LogP contribution in [0.2, 0.25) is 0 Å². The molecule has 0 spiro atoms. The minimum atomic E-state index is -0.786. The van der Waals surface area contributed by atoms with Crippen LogP contribution in [-0.4, -0.2) is 35.6 Å². The van der Waals surface area contributed by atoms with E-state index in [1.807, 2.05) is 30.3 Å². The van der Waals surface area contributed by atoms with Gasteiger partial charge in [0.2, 0.25) is 0 Å². The molecule has 2 amide bonds. The molecule has 0 aliphatic carbocycles. The van der Waals surface area contributed by atoms with Crippen LogP contribution < -0.4 is 10.6 Å². The predicted octanol–water partition coefficient (Wildman–Crippen LogP) is 0.153. The third-order valence-electron chi connectivity index (χ3n) is 2.90. The second-order valence-corrected chi connectivity index (χ2v) is 6.14. The Balaban J connectivity index is 2.78. The molecule has 0 radical (unpaired) electrons. The van der Waals surface area contributed by atoms with E-state index < -0.39 is 24.0 Å². The standard InChI is InChI=1S/C14H18N2O4S.Hg/c1-9(17)15-12(8-21)13(18)16-11(14(19)20)7-10-5-3-2-4-6-10;/h2-6,11-12,21H,7-8H2,1H3,(H,15,17)(H,16,18)(H,19,20);/q;+1/p-1/t11-,12-;/m0./s1. The topological polar surface area (TPSA) is 84.5 Å². The van der Waals surface area contributed by atoms with Gasteiger partial charge in [-0.05, 0) is 0 Å². The molecule has 6 nitrogen and oxygen atoms in total. The third-order valence-corrected chi connectivity index (χ3v) is 4.37. The van der Waals surface area contributed by atoms with Crippen molar-refractivity contribution in [2.75, 3.05) is 5.75 Å². The Morgan fingerprint density at radius 2 is 1.82 bits per heavy atom. The summed E-state index contributed by atoms with van der Waals surface area (Å²) in [6, 6.07) is 7.77. The molecule has 0 heterocycles. The van der Waals surface area contributed by atoms with E-state index in [9.17, 15) is 14.4 Å². The number of benzene rings is 1. The van der Waals surface area contributed by atoms with Gasteiger partial charge in [-0.25, -0.2) is 0 Å². The summed E-state index contributed by atoms with van der Waals surface area (Å²) in [5.74, 6) is -1.10. The first-order chi connectivity index (χ1) is 10.5. The molecule has 0 fully saturated rings. The summed E-state index contributed by atoms with van der Waals surface area (Å²) in [5.41, 5.74) is 0.911. The van der Waals surface area contributed by atoms with Gasteiger partial charge in [0.25, 0.3) is 0 Å². The molecule has 0 bridgehead atoms. The van der Waals surface area contributed by atoms with Crippen molar-refractivity contribution in [1.82, 2.24) is 10.6 Å². The molecular weight excluding hydrogens is 493 g/mol. The SMILES string of the molecule is CC(=O)N[C@@H](CS)C(=O)N[C@@H](Cc1ccccc1)C(=O)[O][Hg]. The van der Waals surface area contributed by atoms with E-state index in [0.29, 0.717) is 6.42 Å². The van der Waals surface area contributed by atoms with Crippen molar-refractivity contribution in [2.45, 2.75) is 25.4 Å². The summed E-state index contributed by atoms with van der Waals surface area (Å²) in [4.78, 5) is 35.1. The number of thiol groups is 1. The number of hydrogen-bond donors (Lipinski definition) is 3. The van der Waals surface area contributed by atoms with Gasteiger partial charge in [0.15, 0.2) is 0 Å². The Bertz CT molecular complexity index is 527. The Morgan fingerprint density at radius 1 is 1.18 bits per heavy atom. The van der Waals surface area contributed by atoms with E-state index in [0.717, 1.165) is 5.56 Å². The molecule has 0 aromatic heterocycles. The van der Waals surface area contributed by atoms with Crippen molar-refractivity contribution in [2.24, 2.45) is 0 Å². The number of rotatable bonds is 7. The molecule has 22 heavy (non-hydrogen) atoms. The second-order valence-electron chi connectivity index (χ2n) is 4.65. The van der Waals surface area contributed by atoms with Gasteiger partial charge in [-0.2, -0.15) is 0 Å². The number of amides is 2. The number of carbonyl (C=O) groups is 3. The fraction of sp³-hybridized carbons (Fsp3) is 0.357. The van der Waals surface area contributed by atoms with E-state index >= 15 is 0 Å². The van der Waals surface area contributed by atoms with E-state index in [1.165, 1.54) is 6.92 Å². The van der Waals surface area contributed by atoms with Gasteiger partial charge >= 0.3 is 152 Å².